The minimum atomic E-state index is -0.366. The van der Waals surface area contributed by atoms with Gasteiger partial charge in [-0.25, -0.2) is 0 Å². The molecule has 39 heavy (non-hydrogen) atoms. The Balaban J connectivity index is 1.65. The topological polar surface area (TPSA) is 81.9 Å². The molecule has 4 aromatic carbocycles. The Morgan fingerprint density at radius 2 is 1.49 bits per heavy atom. The largest absolute Gasteiger partial charge is 0.488 e. The Kier molecular flexibility index (Phi) is 7.59. The second-order valence-electron chi connectivity index (χ2n) is 9.95. The maximum absolute atomic E-state index is 12.2. The number of fused-ring (bicyclic) bond motifs is 1. The molecule has 0 aliphatic carbocycles. The molecule has 0 bridgehead atoms. The van der Waals surface area contributed by atoms with Gasteiger partial charge in [-0.05, 0) is 39.8 Å². The van der Waals surface area contributed by atoms with E-state index in [9.17, 15) is 14.9 Å². The lowest BCUT2D eigenvalue weighted by molar-refractivity contribution is -0.384. The molecule has 1 aliphatic heterocycles. The van der Waals surface area contributed by atoms with Crippen molar-refractivity contribution < 1.29 is 19.2 Å². The fourth-order valence-corrected chi connectivity index (χ4v) is 4.95. The summed E-state index contributed by atoms with van der Waals surface area (Å²) < 4.78 is 12.7. The van der Waals surface area contributed by atoms with Crippen molar-refractivity contribution >= 4 is 12.1 Å². The minimum Gasteiger partial charge on any atom is -0.488 e. The van der Waals surface area contributed by atoms with E-state index in [1.54, 1.807) is 11.0 Å². The lowest BCUT2D eigenvalue weighted by Crippen LogP contribution is -2.12. The number of nitrogens with zero attached hydrogens (tertiary/aromatic N) is 2. The lowest BCUT2D eigenvalue weighted by Gasteiger charge is -2.21. The van der Waals surface area contributed by atoms with E-state index in [1.807, 2.05) is 72.8 Å². The standard InChI is InChI=1S/C32H30N2O5/c1-22(2)26-15-27(32-28-18-33(21-35)17-25(28)13-14-29(32)34(36)37)31(39-20-24-11-7-4-8-12-24)16-30(26)38-19-23-9-5-3-6-10-23/h3-16,21-22H,17-20H2,1-2H3. The van der Waals surface area contributed by atoms with Crippen molar-refractivity contribution in [3.05, 3.63) is 123 Å². The summed E-state index contributed by atoms with van der Waals surface area (Å²) in [7, 11) is 0. The van der Waals surface area contributed by atoms with Gasteiger partial charge >= 0.3 is 0 Å². The average Bonchev–Trinajstić information content (AvgIpc) is 3.39. The Morgan fingerprint density at radius 1 is 0.872 bits per heavy atom. The van der Waals surface area contributed by atoms with Crippen LogP contribution in [0.1, 0.15) is 47.6 Å². The molecule has 0 saturated heterocycles. The zero-order chi connectivity index (χ0) is 27.4. The van der Waals surface area contributed by atoms with Crippen LogP contribution in [0, 0.1) is 10.1 Å². The van der Waals surface area contributed by atoms with Crippen LogP contribution in [-0.4, -0.2) is 16.2 Å². The van der Waals surface area contributed by atoms with Crippen LogP contribution in [0.5, 0.6) is 11.5 Å². The first-order valence-corrected chi connectivity index (χ1v) is 12.9. The zero-order valence-corrected chi connectivity index (χ0v) is 22.0. The van der Waals surface area contributed by atoms with Crippen LogP contribution in [0.3, 0.4) is 0 Å². The summed E-state index contributed by atoms with van der Waals surface area (Å²) >= 11 is 0. The molecule has 5 rings (SSSR count). The van der Waals surface area contributed by atoms with E-state index in [2.05, 4.69) is 13.8 Å². The van der Waals surface area contributed by atoms with Gasteiger partial charge in [0.1, 0.15) is 24.7 Å². The highest BCUT2D eigenvalue weighted by Crippen LogP contribution is 2.46. The third-order valence-corrected chi connectivity index (χ3v) is 6.95. The number of nitro groups is 1. The first-order chi connectivity index (χ1) is 18.9. The Hall–Kier alpha value is -4.65. The number of carbonyl (C=O) groups excluding carboxylic acids is 1. The van der Waals surface area contributed by atoms with Gasteiger partial charge in [-0.3, -0.25) is 14.9 Å². The maximum atomic E-state index is 12.2. The van der Waals surface area contributed by atoms with Crippen LogP contribution in [0.4, 0.5) is 5.69 Å². The second-order valence-corrected chi connectivity index (χ2v) is 9.95. The summed E-state index contributed by atoms with van der Waals surface area (Å²) in [4.78, 5) is 25.1. The van der Waals surface area contributed by atoms with Crippen molar-refractivity contribution in [3.8, 4) is 22.6 Å². The van der Waals surface area contributed by atoms with E-state index in [1.165, 1.54) is 6.07 Å². The maximum Gasteiger partial charge on any atom is 0.277 e. The molecular formula is C32H30N2O5. The van der Waals surface area contributed by atoms with Gasteiger partial charge in [-0.15, -0.1) is 0 Å². The van der Waals surface area contributed by atoms with Gasteiger partial charge in [0.2, 0.25) is 6.41 Å². The molecule has 1 aliphatic rings. The molecule has 4 aromatic rings. The molecule has 0 atom stereocenters. The molecular weight excluding hydrogens is 492 g/mol. The van der Waals surface area contributed by atoms with Crippen LogP contribution in [-0.2, 0) is 31.1 Å². The smallest absolute Gasteiger partial charge is 0.277 e. The molecule has 1 heterocycles. The quantitative estimate of drug-likeness (QED) is 0.127. The molecule has 0 saturated carbocycles. The highest BCUT2D eigenvalue weighted by atomic mass is 16.6. The molecule has 0 unspecified atom stereocenters. The summed E-state index contributed by atoms with van der Waals surface area (Å²) in [6.45, 7) is 5.52. The van der Waals surface area contributed by atoms with Gasteiger partial charge in [-0.1, -0.05) is 80.6 Å². The summed E-state index contributed by atoms with van der Waals surface area (Å²) in [5.41, 5.74) is 5.69. The van der Waals surface area contributed by atoms with E-state index in [-0.39, 0.29) is 23.1 Å². The Morgan fingerprint density at radius 3 is 2.05 bits per heavy atom. The first kappa shape index (κ1) is 26.0. The van der Waals surface area contributed by atoms with Crippen LogP contribution in [0.15, 0.2) is 84.9 Å². The molecule has 198 valence electrons. The fourth-order valence-electron chi connectivity index (χ4n) is 4.95. The van der Waals surface area contributed by atoms with Gasteiger partial charge in [0.15, 0.2) is 0 Å². The number of benzene rings is 4. The summed E-state index contributed by atoms with van der Waals surface area (Å²) in [5, 5.41) is 12.2. The molecule has 0 spiro atoms. The molecule has 0 fully saturated rings. The molecule has 7 nitrogen and oxygen atoms in total. The number of amides is 1. The van der Waals surface area contributed by atoms with Crippen molar-refractivity contribution in [1.82, 2.24) is 4.90 Å². The van der Waals surface area contributed by atoms with Crippen LogP contribution < -0.4 is 9.47 Å². The monoisotopic (exact) mass is 522 g/mol. The fraction of sp³-hybridized carbons (Fsp3) is 0.219. The summed E-state index contributed by atoms with van der Waals surface area (Å²) in [6, 6.07) is 26.8. The van der Waals surface area contributed by atoms with Crippen LogP contribution in [0.2, 0.25) is 0 Å². The number of hydrogen-bond donors (Lipinski definition) is 0. The average molecular weight is 523 g/mol. The van der Waals surface area contributed by atoms with Crippen molar-refractivity contribution in [2.45, 2.75) is 46.1 Å². The molecule has 0 aromatic heterocycles. The van der Waals surface area contributed by atoms with Gasteiger partial charge < -0.3 is 14.4 Å². The SMILES string of the molecule is CC(C)c1cc(-c2c([N+](=O)[O-])ccc3c2CN(C=O)C3)c(OCc2ccccc2)cc1OCc1ccccc1. The lowest BCUT2D eigenvalue weighted by atomic mass is 9.90. The molecule has 0 N–H and O–H groups in total. The van der Waals surface area contributed by atoms with Gasteiger partial charge in [0.25, 0.3) is 5.69 Å². The summed E-state index contributed by atoms with van der Waals surface area (Å²) in [5.74, 6) is 1.25. The number of rotatable bonds is 10. The van der Waals surface area contributed by atoms with E-state index >= 15 is 0 Å². The third kappa shape index (κ3) is 5.62. The first-order valence-electron chi connectivity index (χ1n) is 12.9. The molecule has 7 heteroatoms. The zero-order valence-electron chi connectivity index (χ0n) is 22.0. The Labute approximate surface area is 227 Å². The van der Waals surface area contributed by atoms with Crippen molar-refractivity contribution in [2.24, 2.45) is 0 Å². The van der Waals surface area contributed by atoms with Gasteiger partial charge in [-0.2, -0.15) is 0 Å². The van der Waals surface area contributed by atoms with Crippen molar-refractivity contribution in [2.75, 3.05) is 0 Å². The molecule has 1 amide bonds. The number of hydrogen-bond acceptors (Lipinski definition) is 5. The third-order valence-electron chi connectivity index (χ3n) is 6.95. The van der Waals surface area contributed by atoms with Gasteiger partial charge in [0, 0.05) is 30.8 Å². The van der Waals surface area contributed by atoms with E-state index in [0.29, 0.717) is 42.3 Å². The normalized spacial score (nSPS) is 12.3. The minimum absolute atomic E-state index is 0.0151. The predicted octanol–water partition coefficient (Wildman–Crippen LogP) is 7.02. The second kappa shape index (κ2) is 11.4. The van der Waals surface area contributed by atoms with Gasteiger partial charge in [0.05, 0.1) is 10.5 Å². The number of ether oxygens (including phenoxy) is 2. The Bertz CT molecular complexity index is 1490. The van der Waals surface area contributed by atoms with E-state index in [4.69, 9.17) is 9.47 Å². The van der Waals surface area contributed by atoms with E-state index in [0.717, 1.165) is 34.2 Å². The van der Waals surface area contributed by atoms with Crippen molar-refractivity contribution in [1.29, 1.82) is 0 Å². The van der Waals surface area contributed by atoms with E-state index < -0.39 is 0 Å². The van der Waals surface area contributed by atoms with Crippen LogP contribution in [0.25, 0.3) is 11.1 Å². The number of carbonyl (C=O) groups is 1. The highest BCUT2D eigenvalue weighted by molar-refractivity contribution is 5.84. The molecule has 0 radical (unpaired) electrons. The van der Waals surface area contributed by atoms with Crippen molar-refractivity contribution in [3.63, 3.8) is 0 Å². The number of nitro benzene ring substituents is 1. The van der Waals surface area contributed by atoms with Crippen LogP contribution >= 0.6 is 0 Å². The predicted molar refractivity (Wildman–Crippen MR) is 149 cm³/mol. The summed E-state index contributed by atoms with van der Waals surface area (Å²) in [6.07, 6.45) is 0.780. The highest BCUT2D eigenvalue weighted by Gasteiger charge is 2.30.